The minimum atomic E-state index is 0.203. The first-order chi connectivity index (χ1) is 8.33. The fraction of sp³-hybridized carbons (Fsp3) is 0.615. The number of rotatable bonds is 4. The van der Waals surface area contributed by atoms with Gasteiger partial charge >= 0.3 is 0 Å². The van der Waals surface area contributed by atoms with E-state index in [1.165, 1.54) is 6.42 Å². The molecule has 0 aliphatic carbocycles. The standard InChI is InChI=1S/C13H19ClN2O/c1-2-15-12(10-5-4-8-17-9-10)13-11(14)6-3-7-16-13/h3,6-7,10,12,15H,2,4-5,8-9H2,1H3. The van der Waals surface area contributed by atoms with Crippen LogP contribution < -0.4 is 5.32 Å². The van der Waals surface area contributed by atoms with Crippen molar-refractivity contribution >= 4 is 11.6 Å². The van der Waals surface area contributed by atoms with E-state index in [-0.39, 0.29) is 6.04 Å². The first-order valence-electron chi connectivity index (χ1n) is 6.24. The Balaban J connectivity index is 2.18. The van der Waals surface area contributed by atoms with Crippen LogP contribution in [0.2, 0.25) is 5.02 Å². The maximum Gasteiger partial charge on any atom is 0.0762 e. The molecule has 2 rings (SSSR count). The second-order valence-electron chi connectivity index (χ2n) is 4.38. The third-order valence-corrected chi connectivity index (χ3v) is 3.49. The Bertz CT molecular complexity index is 353. The average Bonchev–Trinajstić information content (AvgIpc) is 2.38. The van der Waals surface area contributed by atoms with Gasteiger partial charge in [0.05, 0.1) is 23.4 Å². The monoisotopic (exact) mass is 254 g/mol. The zero-order valence-corrected chi connectivity index (χ0v) is 10.9. The summed E-state index contributed by atoms with van der Waals surface area (Å²) in [6.07, 6.45) is 4.09. The maximum absolute atomic E-state index is 6.23. The first-order valence-corrected chi connectivity index (χ1v) is 6.62. The van der Waals surface area contributed by atoms with E-state index in [4.69, 9.17) is 16.3 Å². The van der Waals surface area contributed by atoms with Crippen LogP contribution in [0.4, 0.5) is 0 Å². The summed E-state index contributed by atoms with van der Waals surface area (Å²) in [4.78, 5) is 4.42. The number of pyridine rings is 1. The van der Waals surface area contributed by atoms with Crippen molar-refractivity contribution < 1.29 is 4.74 Å². The SMILES string of the molecule is CCNC(c1ncccc1Cl)C1CCCOC1. The quantitative estimate of drug-likeness (QED) is 0.897. The van der Waals surface area contributed by atoms with Gasteiger partial charge in [-0.1, -0.05) is 18.5 Å². The van der Waals surface area contributed by atoms with Crippen LogP contribution in [0.5, 0.6) is 0 Å². The number of ether oxygens (including phenoxy) is 1. The summed E-state index contributed by atoms with van der Waals surface area (Å²) in [5.41, 5.74) is 0.950. The summed E-state index contributed by atoms with van der Waals surface area (Å²) in [5, 5.41) is 4.22. The molecule has 2 atom stereocenters. The molecular formula is C13H19ClN2O. The molecule has 2 heterocycles. The van der Waals surface area contributed by atoms with Crippen molar-refractivity contribution in [3.05, 3.63) is 29.0 Å². The van der Waals surface area contributed by atoms with E-state index in [1.54, 1.807) is 6.20 Å². The molecule has 2 unspecified atom stereocenters. The van der Waals surface area contributed by atoms with E-state index >= 15 is 0 Å². The fourth-order valence-corrected chi connectivity index (χ4v) is 2.60. The second-order valence-corrected chi connectivity index (χ2v) is 4.79. The molecule has 1 fully saturated rings. The molecule has 1 aromatic heterocycles. The van der Waals surface area contributed by atoms with Crippen molar-refractivity contribution in [3.8, 4) is 0 Å². The minimum absolute atomic E-state index is 0.203. The highest BCUT2D eigenvalue weighted by atomic mass is 35.5. The number of halogens is 1. The lowest BCUT2D eigenvalue weighted by molar-refractivity contribution is 0.0386. The molecule has 1 saturated heterocycles. The van der Waals surface area contributed by atoms with Crippen molar-refractivity contribution in [3.63, 3.8) is 0 Å². The van der Waals surface area contributed by atoms with Gasteiger partial charge in [0.15, 0.2) is 0 Å². The third kappa shape index (κ3) is 3.18. The molecule has 1 N–H and O–H groups in total. The molecule has 1 aliphatic rings. The summed E-state index contributed by atoms with van der Waals surface area (Å²) in [6, 6.07) is 3.97. The maximum atomic E-state index is 6.23. The smallest absolute Gasteiger partial charge is 0.0762 e. The van der Waals surface area contributed by atoms with Gasteiger partial charge in [-0.15, -0.1) is 0 Å². The summed E-state index contributed by atoms with van der Waals surface area (Å²) < 4.78 is 5.56. The molecule has 17 heavy (non-hydrogen) atoms. The van der Waals surface area contributed by atoms with Gasteiger partial charge in [-0.3, -0.25) is 4.98 Å². The highest BCUT2D eigenvalue weighted by molar-refractivity contribution is 6.31. The Labute approximate surface area is 108 Å². The van der Waals surface area contributed by atoms with Crippen LogP contribution in [0.25, 0.3) is 0 Å². The fourth-order valence-electron chi connectivity index (χ4n) is 2.36. The molecule has 94 valence electrons. The average molecular weight is 255 g/mol. The summed E-state index contributed by atoms with van der Waals surface area (Å²) >= 11 is 6.23. The van der Waals surface area contributed by atoms with Crippen molar-refractivity contribution in [1.29, 1.82) is 0 Å². The van der Waals surface area contributed by atoms with Crippen LogP contribution in [0.1, 0.15) is 31.5 Å². The van der Waals surface area contributed by atoms with Crippen molar-refractivity contribution in [2.24, 2.45) is 5.92 Å². The largest absolute Gasteiger partial charge is 0.381 e. The van der Waals surface area contributed by atoms with Gasteiger partial charge < -0.3 is 10.1 Å². The Morgan fingerprint density at radius 3 is 3.18 bits per heavy atom. The Hall–Kier alpha value is -0.640. The number of aromatic nitrogens is 1. The molecule has 0 saturated carbocycles. The zero-order chi connectivity index (χ0) is 12.1. The molecule has 0 amide bonds. The number of hydrogen-bond donors (Lipinski definition) is 1. The van der Waals surface area contributed by atoms with Gasteiger partial charge in [0, 0.05) is 18.7 Å². The lowest BCUT2D eigenvalue weighted by Gasteiger charge is -2.30. The topological polar surface area (TPSA) is 34.2 Å². The van der Waals surface area contributed by atoms with Crippen molar-refractivity contribution in [2.75, 3.05) is 19.8 Å². The molecule has 0 radical (unpaired) electrons. The molecule has 0 spiro atoms. The lowest BCUT2D eigenvalue weighted by Crippen LogP contribution is -2.34. The van der Waals surface area contributed by atoms with Gasteiger partial charge in [-0.25, -0.2) is 0 Å². The van der Waals surface area contributed by atoms with Crippen LogP contribution in [0.15, 0.2) is 18.3 Å². The van der Waals surface area contributed by atoms with Crippen LogP contribution in [-0.4, -0.2) is 24.7 Å². The summed E-state index contributed by atoms with van der Waals surface area (Å²) in [7, 11) is 0. The molecular weight excluding hydrogens is 236 g/mol. The number of hydrogen-bond acceptors (Lipinski definition) is 3. The number of nitrogens with zero attached hydrogens (tertiary/aromatic N) is 1. The second kappa shape index (κ2) is 6.34. The van der Waals surface area contributed by atoms with Gasteiger partial charge in [-0.2, -0.15) is 0 Å². The lowest BCUT2D eigenvalue weighted by atomic mass is 9.91. The number of nitrogens with one attached hydrogen (secondary N) is 1. The molecule has 4 heteroatoms. The van der Waals surface area contributed by atoms with E-state index in [0.717, 1.165) is 36.9 Å². The van der Waals surface area contributed by atoms with Crippen molar-refractivity contribution in [2.45, 2.75) is 25.8 Å². The van der Waals surface area contributed by atoms with E-state index < -0.39 is 0 Å². The van der Waals surface area contributed by atoms with E-state index in [0.29, 0.717) is 5.92 Å². The molecule has 1 aliphatic heterocycles. The summed E-state index contributed by atoms with van der Waals surface area (Å²) in [6.45, 7) is 4.69. The minimum Gasteiger partial charge on any atom is -0.381 e. The Kier molecular flexibility index (Phi) is 4.77. The Morgan fingerprint density at radius 2 is 2.53 bits per heavy atom. The van der Waals surface area contributed by atoms with Crippen LogP contribution in [0, 0.1) is 5.92 Å². The van der Waals surface area contributed by atoms with Crippen LogP contribution >= 0.6 is 11.6 Å². The zero-order valence-electron chi connectivity index (χ0n) is 10.2. The van der Waals surface area contributed by atoms with Crippen molar-refractivity contribution in [1.82, 2.24) is 10.3 Å². The van der Waals surface area contributed by atoms with Gasteiger partial charge in [0.1, 0.15) is 0 Å². The van der Waals surface area contributed by atoms with Crippen LogP contribution in [-0.2, 0) is 4.74 Å². The molecule has 3 nitrogen and oxygen atoms in total. The highest BCUT2D eigenvalue weighted by Crippen LogP contribution is 2.31. The van der Waals surface area contributed by atoms with Gasteiger partial charge in [0.25, 0.3) is 0 Å². The van der Waals surface area contributed by atoms with Gasteiger partial charge in [0.2, 0.25) is 0 Å². The first kappa shape index (κ1) is 12.8. The predicted molar refractivity (Wildman–Crippen MR) is 69.2 cm³/mol. The highest BCUT2D eigenvalue weighted by Gasteiger charge is 2.27. The van der Waals surface area contributed by atoms with Gasteiger partial charge in [-0.05, 0) is 31.5 Å². The van der Waals surface area contributed by atoms with E-state index in [2.05, 4.69) is 17.2 Å². The normalized spacial score (nSPS) is 22.4. The van der Waals surface area contributed by atoms with E-state index in [9.17, 15) is 0 Å². The van der Waals surface area contributed by atoms with E-state index in [1.807, 2.05) is 12.1 Å². The molecule has 0 aromatic carbocycles. The Morgan fingerprint density at radius 1 is 1.65 bits per heavy atom. The predicted octanol–water partition coefficient (Wildman–Crippen LogP) is 2.81. The summed E-state index contributed by atoms with van der Waals surface area (Å²) in [5.74, 6) is 0.469. The molecule has 1 aromatic rings. The third-order valence-electron chi connectivity index (χ3n) is 3.17. The molecule has 0 bridgehead atoms. The van der Waals surface area contributed by atoms with Crippen LogP contribution in [0.3, 0.4) is 0 Å².